The van der Waals surface area contributed by atoms with Crippen molar-refractivity contribution in [2.45, 2.75) is 104 Å². The number of nitrogens with two attached hydrogens (primary N) is 1. The molecule has 0 saturated carbocycles. The SMILES string of the molecule is Cc1ncsc1-c1ccc([C@H](C)NC(=O)[C@@H]2CCCN2C(=O)[C@@H](NC(=O)CCCCCC(=O)N2CCN(C(=O)c3ccc(OC4CN(c5cc(-c6ccccc6O)nnc5N)C4)cc3)CC2)C(C)(C)C)cc1. The van der Waals surface area contributed by atoms with Gasteiger partial charge in [-0.15, -0.1) is 21.5 Å². The van der Waals surface area contributed by atoms with Crippen LogP contribution in [0.25, 0.3) is 21.7 Å². The van der Waals surface area contributed by atoms with Crippen molar-refractivity contribution in [3.63, 3.8) is 0 Å². The van der Waals surface area contributed by atoms with E-state index in [0.717, 1.165) is 21.7 Å². The number of likely N-dealkylation sites (tertiary alicyclic amines) is 1. The average molecular weight is 999 g/mol. The first-order valence-corrected chi connectivity index (χ1v) is 25.8. The summed E-state index contributed by atoms with van der Waals surface area (Å²) >= 11 is 1.59. The number of aromatic nitrogens is 3. The quantitative estimate of drug-likeness (QED) is 0.0711. The van der Waals surface area contributed by atoms with Crippen LogP contribution in [-0.2, 0) is 19.2 Å². The molecule has 5 aromatic rings. The van der Waals surface area contributed by atoms with Crippen molar-refractivity contribution in [2.24, 2.45) is 5.41 Å². The number of phenols is 1. The van der Waals surface area contributed by atoms with Crippen molar-refractivity contribution in [2.75, 3.05) is 56.4 Å². The lowest BCUT2D eigenvalue weighted by atomic mass is 9.85. The molecule has 5 amide bonds. The zero-order valence-corrected chi connectivity index (χ0v) is 42.6. The van der Waals surface area contributed by atoms with Gasteiger partial charge in [0, 0.05) is 56.7 Å². The number of aryl methyl sites for hydroxylation is 1. The summed E-state index contributed by atoms with van der Waals surface area (Å²) in [5.41, 5.74) is 12.8. The van der Waals surface area contributed by atoms with Crippen molar-refractivity contribution in [1.82, 2.24) is 40.5 Å². The van der Waals surface area contributed by atoms with E-state index in [1.165, 1.54) is 0 Å². The second kappa shape index (κ2) is 22.6. The van der Waals surface area contributed by atoms with Crippen LogP contribution in [0, 0.1) is 12.3 Å². The summed E-state index contributed by atoms with van der Waals surface area (Å²) < 4.78 is 6.17. The Labute approximate surface area is 425 Å². The van der Waals surface area contributed by atoms with E-state index in [-0.39, 0.29) is 53.9 Å². The number of anilines is 2. The molecule has 18 heteroatoms. The number of carbonyl (C=O) groups excluding carboxylic acids is 5. The number of nitrogens with one attached hydrogen (secondary N) is 2. The number of thiazole rings is 1. The summed E-state index contributed by atoms with van der Waals surface area (Å²) in [6.45, 7) is 13.0. The van der Waals surface area contributed by atoms with Crippen molar-refractivity contribution < 1.29 is 33.8 Å². The van der Waals surface area contributed by atoms with Gasteiger partial charge in [0.2, 0.25) is 23.6 Å². The predicted octanol–water partition coefficient (Wildman–Crippen LogP) is 6.77. The maximum Gasteiger partial charge on any atom is 0.253 e. The molecular formula is C54H66N10O7S. The molecular weight excluding hydrogens is 933 g/mol. The minimum Gasteiger partial charge on any atom is -0.507 e. The molecule has 2 aromatic heterocycles. The summed E-state index contributed by atoms with van der Waals surface area (Å²) in [4.78, 5) is 80.3. The highest BCUT2D eigenvalue weighted by atomic mass is 32.1. The van der Waals surface area contributed by atoms with Crippen molar-refractivity contribution >= 4 is 52.4 Å². The van der Waals surface area contributed by atoms with Crippen molar-refractivity contribution in [3.05, 3.63) is 101 Å². The molecule has 0 radical (unpaired) electrons. The number of nitrogen functional groups attached to an aromatic ring is 1. The van der Waals surface area contributed by atoms with Gasteiger partial charge in [-0.2, -0.15) is 0 Å². The number of benzene rings is 3. The van der Waals surface area contributed by atoms with Crippen LogP contribution in [0.1, 0.15) is 100 Å². The Morgan fingerprint density at radius 3 is 2.24 bits per heavy atom. The Balaban J connectivity index is 0.718. The van der Waals surface area contributed by atoms with Gasteiger partial charge in [0.15, 0.2) is 5.82 Å². The third-order valence-electron chi connectivity index (χ3n) is 13.8. The molecule has 5 N–H and O–H groups in total. The number of amides is 5. The number of aromatic hydroxyl groups is 1. The van der Waals surface area contributed by atoms with E-state index < -0.39 is 17.5 Å². The zero-order valence-electron chi connectivity index (χ0n) is 41.8. The highest BCUT2D eigenvalue weighted by molar-refractivity contribution is 7.13. The molecule has 0 spiro atoms. The summed E-state index contributed by atoms with van der Waals surface area (Å²) in [5.74, 6) is 0.276. The van der Waals surface area contributed by atoms with E-state index in [2.05, 4.69) is 25.8 Å². The number of ether oxygens (including phenoxy) is 1. The maximum atomic E-state index is 14.1. The molecule has 380 valence electrons. The number of unbranched alkanes of at least 4 members (excludes halogenated alkanes) is 2. The second-order valence-corrected chi connectivity index (χ2v) is 21.0. The van der Waals surface area contributed by atoms with Crippen LogP contribution in [0.4, 0.5) is 11.5 Å². The summed E-state index contributed by atoms with van der Waals surface area (Å²) in [7, 11) is 0. The summed E-state index contributed by atoms with van der Waals surface area (Å²) in [5, 5.41) is 24.6. The number of piperazine rings is 1. The van der Waals surface area contributed by atoms with Gasteiger partial charge in [0.05, 0.1) is 46.6 Å². The van der Waals surface area contributed by atoms with Crippen LogP contribution >= 0.6 is 11.3 Å². The number of phenolic OH excluding ortho intramolecular Hbond substituents is 1. The highest BCUT2D eigenvalue weighted by Gasteiger charge is 2.42. The van der Waals surface area contributed by atoms with E-state index in [9.17, 15) is 29.1 Å². The third kappa shape index (κ3) is 12.1. The number of nitrogens with zero attached hydrogens (tertiary/aromatic N) is 7. The molecule has 72 heavy (non-hydrogen) atoms. The van der Waals surface area contributed by atoms with Crippen molar-refractivity contribution in [1.29, 1.82) is 0 Å². The monoisotopic (exact) mass is 998 g/mol. The smallest absolute Gasteiger partial charge is 0.253 e. The summed E-state index contributed by atoms with van der Waals surface area (Å²) in [6, 6.07) is 22.2. The van der Waals surface area contributed by atoms with Crippen LogP contribution < -0.4 is 26.0 Å². The van der Waals surface area contributed by atoms with Crippen LogP contribution in [0.3, 0.4) is 0 Å². The van der Waals surface area contributed by atoms with Crippen molar-refractivity contribution in [3.8, 4) is 33.2 Å². The first-order valence-electron chi connectivity index (χ1n) is 24.9. The molecule has 3 fully saturated rings. The number of hydrogen-bond acceptors (Lipinski definition) is 13. The number of hydrogen-bond donors (Lipinski definition) is 4. The lowest BCUT2D eigenvalue weighted by Gasteiger charge is -2.40. The van der Waals surface area contributed by atoms with Crippen LogP contribution in [0.15, 0.2) is 84.4 Å². The fourth-order valence-electron chi connectivity index (χ4n) is 9.53. The van der Waals surface area contributed by atoms with E-state index >= 15 is 0 Å². The molecule has 5 heterocycles. The Bertz CT molecular complexity index is 2730. The first-order chi connectivity index (χ1) is 34.5. The fraction of sp³-hybridized carbons (Fsp3) is 0.444. The lowest BCUT2D eigenvalue weighted by Crippen LogP contribution is -2.57. The van der Waals surface area contributed by atoms with Gasteiger partial charge in [0.25, 0.3) is 5.91 Å². The Kier molecular flexibility index (Phi) is 16.1. The van der Waals surface area contributed by atoms with Gasteiger partial charge in [-0.3, -0.25) is 24.0 Å². The average Bonchev–Trinajstić information content (AvgIpc) is 4.04. The van der Waals surface area contributed by atoms with E-state index in [1.54, 1.807) is 68.5 Å². The van der Waals surface area contributed by atoms with Crippen LogP contribution in [-0.4, -0.2) is 129 Å². The molecule has 3 aliphatic rings. The van der Waals surface area contributed by atoms with Crippen LogP contribution in [0.5, 0.6) is 11.5 Å². The standard InChI is InChI=1S/C54H66N10O7S/c1-34(36-17-19-37(20-18-36)48-35(2)56-33-72-48)57-51(68)43-13-11-25-64(43)53(70)49(54(3,4)5)58-46(66)15-7-6-8-16-47(67)61-26-28-62(29-27-61)52(69)38-21-23-39(24-22-38)71-40-31-63(32-40)44-30-42(59-60-50(44)55)41-12-9-10-14-45(41)65/h9-10,12,14,17-24,30,33-34,40,43,49,65H,6-8,11,13,15-16,25-29,31-32H2,1-5H3,(H2,55,60)(H,57,68)(H,58,66)/t34-,43-,49+/m0/s1. The maximum absolute atomic E-state index is 14.1. The predicted molar refractivity (Wildman–Crippen MR) is 277 cm³/mol. The highest BCUT2D eigenvalue weighted by Crippen LogP contribution is 2.34. The number of rotatable bonds is 17. The molecule has 0 aliphatic carbocycles. The third-order valence-corrected chi connectivity index (χ3v) is 14.8. The van der Waals surface area contributed by atoms with Gasteiger partial charge < -0.3 is 45.8 Å². The minimum atomic E-state index is -0.810. The first kappa shape index (κ1) is 51.3. The minimum absolute atomic E-state index is 0.0262. The van der Waals surface area contributed by atoms with Gasteiger partial charge in [-0.25, -0.2) is 4.98 Å². The Morgan fingerprint density at radius 1 is 0.861 bits per heavy atom. The molecule has 3 aromatic carbocycles. The van der Waals surface area contributed by atoms with Gasteiger partial charge in [-0.05, 0) is 98.5 Å². The molecule has 3 aliphatic heterocycles. The summed E-state index contributed by atoms with van der Waals surface area (Å²) in [6.07, 6.45) is 3.57. The van der Waals surface area contributed by atoms with Gasteiger partial charge in [0.1, 0.15) is 29.7 Å². The lowest BCUT2D eigenvalue weighted by molar-refractivity contribution is -0.144. The fourth-order valence-corrected chi connectivity index (χ4v) is 10.3. The number of carbonyl (C=O) groups is 5. The molecule has 8 rings (SSSR count). The Hall–Kier alpha value is -7.08. The topological polar surface area (TPSA) is 217 Å². The normalized spacial score (nSPS) is 17.0. The largest absolute Gasteiger partial charge is 0.507 e. The van der Waals surface area contributed by atoms with Gasteiger partial charge >= 0.3 is 0 Å². The Morgan fingerprint density at radius 2 is 1.56 bits per heavy atom. The molecule has 0 bridgehead atoms. The number of para-hydroxylation sites is 1. The molecule has 17 nitrogen and oxygen atoms in total. The zero-order chi connectivity index (χ0) is 51.1. The molecule has 0 unspecified atom stereocenters. The molecule has 3 atom stereocenters. The van der Waals surface area contributed by atoms with Crippen LogP contribution in [0.2, 0.25) is 0 Å². The second-order valence-electron chi connectivity index (χ2n) is 20.1. The van der Waals surface area contributed by atoms with E-state index in [1.807, 2.05) is 81.4 Å². The van der Waals surface area contributed by atoms with Gasteiger partial charge in [-0.1, -0.05) is 63.6 Å². The molecule has 3 saturated heterocycles. The van der Waals surface area contributed by atoms with E-state index in [0.29, 0.717) is 118 Å². The van der Waals surface area contributed by atoms with E-state index in [4.69, 9.17) is 10.5 Å².